The summed E-state index contributed by atoms with van der Waals surface area (Å²) in [6, 6.07) is 5.60. The Labute approximate surface area is 111 Å². The maximum absolute atomic E-state index is 12.7. The molecular weight excluding hydrogens is 240 g/mol. The van der Waals surface area contributed by atoms with Crippen molar-refractivity contribution < 1.29 is 0 Å². The summed E-state index contributed by atoms with van der Waals surface area (Å²) >= 11 is 0. The number of nitrogens with one attached hydrogen (secondary N) is 1. The van der Waals surface area contributed by atoms with E-state index in [1.165, 1.54) is 0 Å². The molecule has 0 amide bonds. The lowest BCUT2D eigenvalue weighted by Gasteiger charge is -2.26. The number of benzene rings is 1. The average molecular weight is 258 g/mol. The molecule has 3 rings (SSSR count). The Hall–Kier alpha value is -1.88. The molecule has 0 radical (unpaired) electrons. The molecule has 1 aromatic carbocycles. The highest BCUT2D eigenvalue weighted by atomic mass is 16.1. The highest BCUT2D eigenvalue weighted by Crippen LogP contribution is 2.20. The highest BCUT2D eigenvalue weighted by Gasteiger charge is 2.20. The minimum absolute atomic E-state index is 0.0192. The fraction of sp³-hybridized carbons (Fsp3) is 0.429. The number of nitrogen functional groups attached to an aromatic ring is 1. The minimum Gasteiger partial charge on any atom is -0.398 e. The second-order valence-corrected chi connectivity index (χ2v) is 5.08. The standard InChI is InChI=1S/C14H18N4O/c1-9-17-12-6-2-5-11(15)13(12)14(19)18(9)10-4-3-7-16-8-10/h2,5-6,10,16H,3-4,7-8,15H2,1H3. The largest absolute Gasteiger partial charge is 0.398 e. The lowest BCUT2D eigenvalue weighted by Crippen LogP contribution is -2.38. The van der Waals surface area contributed by atoms with E-state index in [0.29, 0.717) is 16.6 Å². The molecule has 1 aromatic heterocycles. The number of rotatable bonds is 1. The predicted molar refractivity (Wildman–Crippen MR) is 76.3 cm³/mol. The van der Waals surface area contributed by atoms with E-state index in [1.807, 2.05) is 19.1 Å². The molecule has 1 aliphatic rings. The topological polar surface area (TPSA) is 72.9 Å². The zero-order valence-electron chi connectivity index (χ0n) is 11.0. The molecule has 0 aliphatic carbocycles. The van der Waals surface area contributed by atoms with Crippen molar-refractivity contribution in [2.45, 2.75) is 25.8 Å². The van der Waals surface area contributed by atoms with E-state index in [4.69, 9.17) is 5.73 Å². The molecule has 0 saturated carbocycles. The van der Waals surface area contributed by atoms with Gasteiger partial charge in [0.05, 0.1) is 16.9 Å². The number of nitrogens with two attached hydrogens (primary N) is 1. The number of aromatic nitrogens is 2. The Bertz CT molecular complexity index is 671. The van der Waals surface area contributed by atoms with E-state index in [0.717, 1.165) is 31.8 Å². The van der Waals surface area contributed by atoms with Crippen LogP contribution in [0.1, 0.15) is 24.7 Å². The Balaban J connectivity index is 2.24. The van der Waals surface area contributed by atoms with Gasteiger partial charge < -0.3 is 11.1 Å². The molecule has 0 spiro atoms. The van der Waals surface area contributed by atoms with Gasteiger partial charge in [-0.2, -0.15) is 0 Å². The first-order valence-electron chi connectivity index (χ1n) is 6.66. The minimum atomic E-state index is -0.0192. The van der Waals surface area contributed by atoms with Crippen LogP contribution in [-0.4, -0.2) is 22.6 Å². The van der Waals surface area contributed by atoms with E-state index in [2.05, 4.69) is 10.3 Å². The first-order chi connectivity index (χ1) is 9.18. The zero-order chi connectivity index (χ0) is 13.4. The number of hydrogen-bond donors (Lipinski definition) is 2. The Morgan fingerprint density at radius 3 is 3.05 bits per heavy atom. The SMILES string of the molecule is Cc1nc2cccc(N)c2c(=O)n1C1CCCNC1. The van der Waals surface area contributed by atoms with E-state index >= 15 is 0 Å². The maximum Gasteiger partial charge on any atom is 0.263 e. The van der Waals surface area contributed by atoms with Gasteiger partial charge in [-0.1, -0.05) is 6.07 Å². The van der Waals surface area contributed by atoms with Gasteiger partial charge in [0.2, 0.25) is 0 Å². The first kappa shape index (κ1) is 12.2. The normalized spacial score (nSPS) is 19.7. The van der Waals surface area contributed by atoms with Gasteiger partial charge in [0, 0.05) is 12.2 Å². The molecule has 3 N–H and O–H groups in total. The molecule has 1 unspecified atom stereocenters. The lowest BCUT2D eigenvalue weighted by atomic mass is 10.1. The van der Waals surface area contributed by atoms with Crippen LogP contribution in [0.2, 0.25) is 0 Å². The van der Waals surface area contributed by atoms with Crippen molar-refractivity contribution in [1.82, 2.24) is 14.9 Å². The molecule has 2 aromatic rings. The lowest BCUT2D eigenvalue weighted by molar-refractivity contribution is 0.357. The number of piperidine rings is 1. The van der Waals surface area contributed by atoms with E-state index in [9.17, 15) is 4.79 Å². The summed E-state index contributed by atoms with van der Waals surface area (Å²) < 4.78 is 1.80. The molecule has 5 nitrogen and oxygen atoms in total. The van der Waals surface area contributed by atoms with Gasteiger partial charge in [0.1, 0.15) is 5.82 Å². The van der Waals surface area contributed by atoms with Gasteiger partial charge in [-0.05, 0) is 38.4 Å². The Morgan fingerprint density at radius 1 is 1.47 bits per heavy atom. The van der Waals surface area contributed by atoms with Crippen LogP contribution in [0.15, 0.2) is 23.0 Å². The van der Waals surface area contributed by atoms with Crippen LogP contribution in [0.5, 0.6) is 0 Å². The summed E-state index contributed by atoms with van der Waals surface area (Å²) in [6.45, 7) is 3.73. The summed E-state index contributed by atoms with van der Waals surface area (Å²) in [6.07, 6.45) is 2.09. The van der Waals surface area contributed by atoms with E-state index in [-0.39, 0.29) is 11.6 Å². The van der Waals surface area contributed by atoms with Crippen LogP contribution in [0, 0.1) is 6.92 Å². The monoisotopic (exact) mass is 258 g/mol. The van der Waals surface area contributed by atoms with E-state index < -0.39 is 0 Å². The van der Waals surface area contributed by atoms with Crippen LogP contribution < -0.4 is 16.6 Å². The molecule has 100 valence electrons. The molecule has 1 fully saturated rings. The summed E-state index contributed by atoms with van der Waals surface area (Å²) in [5.74, 6) is 0.761. The summed E-state index contributed by atoms with van der Waals surface area (Å²) in [5.41, 5.74) is 7.11. The third kappa shape index (κ3) is 2.00. The number of anilines is 1. The molecule has 5 heteroatoms. The highest BCUT2D eigenvalue weighted by molar-refractivity contribution is 5.89. The van der Waals surface area contributed by atoms with Crippen molar-refractivity contribution in [3.05, 3.63) is 34.4 Å². The van der Waals surface area contributed by atoms with Crippen LogP contribution in [0.3, 0.4) is 0 Å². The number of hydrogen-bond acceptors (Lipinski definition) is 4. The predicted octanol–water partition coefficient (Wildman–Crippen LogP) is 1.21. The van der Waals surface area contributed by atoms with Crippen molar-refractivity contribution in [1.29, 1.82) is 0 Å². The fourth-order valence-corrected chi connectivity index (χ4v) is 2.86. The van der Waals surface area contributed by atoms with Gasteiger partial charge >= 0.3 is 0 Å². The number of nitrogens with zero attached hydrogens (tertiary/aromatic N) is 2. The van der Waals surface area contributed by atoms with Gasteiger partial charge in [-0.15, -0.1) is 0 Å². The Morgan fingerprint density at radius 2 is 2.32 bits per heavy atom. The first-order valence-corrected chi connectivity index (χ1v) is 6.66. The van der Waals surface area contributed by atoms with Gasteiger partial charge in [-0.25, -0.2) is 4.98 Å². The number of fused-ring (bicyclic) bond motifs is 1. The average Bonchev–Trinajstić information content (AvgIpc) is 2.39. The summed E-state index contributed by atoms with van der Waals surface area (Å²) in [7, 11) is 0. The van der Waals surface area contributed by atoms with Crippen molar-refractivity contribution >= 4 is 16.6 Å². The molecule has 0 bridgehead atoms. The quantitative estimate of drug-likeness (QED) is 0.754. The van der Waals surface area contributed by atoms with Gasteiger partial charge in [-0.3, -0.25) is 9.36 Å². The summed E-state index contributed by atoms with van der Waals surface area (Å²) in [5, 5.41) is 3.87. The maximum atomic E-state index is 12.7. The number of aryl methyl sites for hydroxylation is 1. The van der Waals surface area contributed by atoms with Gasteiger partial charge in [0.25, 0.3) is 5.56 Å². The second-order valence-electron chi connectivity index (χ2n) is 5.08. The summed E-state index contributed by atoms with van der Waals surface area (Å²) in [4.78, 5) is 17.2. The third-order valence-electron chi connectivity index (χ3n) is 3.77. The van der Waals surface area contributed by atoms with Crippen LogP contribution in [-0.2, 0) is 0 Å². The van der Waals surface area contributed by atoms with Crippen molar-refractivity contribution in [3.8, 4) is 0 Å². The Kier molecular flexibility index (Phi) is 2.98. The van der Waals surface area contributed by atoms with Crippen molar-refractivity contribution in [2.75, 3.05) is 18.8 Å². The molecule has 1 atom stereocenters. The van der Waals surface area contributed by atoms with Crippen LogP contribution >= 0.6 is 0 Å². The molecular formula is C14H18N4O. The van der Waals surface area contributed by atoms with Crippen LogP contribution in [0.25, 0.3) is 10.9 Å². The molecule has 1 aliphatic heterocycles. The van der Waals surface area contributed by atoms with Crippen molar-refractivity contribution in [2.24, 2.45) is 0 Å². The van der Waals surface area contributed by atoms with Crippen LogP contribution in [0.4, 0.5) is 5.69 Å². The molecule has 19 heavy (non-hydrogen) atoms. The van der Waals surface area contributed by atoms with E-state index in [1.54, 1.807) is 10.6 Å². The molecule has 2 heterocycles. The van der Waals surface area contributed by atoms with Crippen molar-refractivity contribution in [3.63, 3.8) is 0 Å². The third-order valence-corrected chi connectivity index (χ3v) is 3.77. The smallest absolute Gasteiger partial charge is 0.263 e. The molecule has 1 saturated heterocycles. The second kappa shape index (κ2) is 4.66. The zero-order valence-corrected chi connectivity index (χ0v) is 11.0. The van der Waals surface area contributed by atoms with Gasteiger partial charge in [0.15, 0.2) is 0 Å². The fourth-order valence-electron chi connectivity index (χ4n) is 2.86.